The average molecular weight is 360 g/mol. The van der Waals surface area contributed by atoms with Crippen LogP contribution in [0.4, 0.5) is 10.5 Å². The van der Waals surface area contributed by atoms with Gasteiger partial charge >= 0.3 is 6.09 Å². The van der Waals surface area contributed by atoms with Crippen LogP contribution >= 0.6 is 0 Å². The minimum atomic E-state index is -0.417. The Hall–Kier alpha value is -2.85. The summed E-state index contributed by atoms with van der Waals surface area (Å²) in [7, 11) is 2.11. The van der Waals surface area contributed by atoms with E-state index in [1.54, 1.807) is 0 Å². The van der Waals surface area contributed by atoms with Crippen LogP contribution in [0.3, 0.4) is 0 Å². The molecule has 4 rings (SSSR count). The molecule has 1 N–H and O–H groups in total. The fourth-order valence-corrected chi connectivity index (χ4v) is 3.95. The summed E-state index contributed by atoms with van der Waals surface area (Å²) in [5.74, 6) is 0. The minimum absolute atomic E-state index is 0.178. The number of carbonyl (C=O) groups excluding carboxylic acids is 1. The van der Waals surface area contributed by atoms with E-state index in [1.165, 1.54) is 0 Å². The molecule has 0 spiro atoms. The van der Waals surface area contributed by atoms with Crippen molar-refractivity contribution in [2.45, 2.75) is 25.0 Å². The van der Waals surface area contributed by atoms with E-state index in [1.807, 2.05) is 48.5 Å². The minimum Gasteiger partial charge on any atom is -0.439 e. The van der Waals surface area contributed by atoms with Gasteiger partial charge in [-0.15, -0.1) is 0 Å². The molecular weight excluding hydrogens is 336 g/mol. The van der Waals surface area contributed by atoms with E-state index in [0.717, 1.165) is 41.4 Å². The summed E-state index contributed by atoms with van der Waals surface area (Å²) >= 11 is 0. The SMILES string of the molecule is CN1CCC[C@H]1[C@@H](OC(=O)Nc1ccccc1)c1cccc2ccccc12. The molecule has 3 aromatic rings. The number of benzene rings is 3. The van der Waals surface area contributed by atoms with Gasteiger partial charge in [-0.3, -0.25) is 10.2 Å². The lowest BCUT2D eigenvalue weighted by molar-refractivity contribution is 0.0592. The van der Waals surface area contributed by atoms with Gasteiger partial charge in [-0.2, -0.15) is 0 Å². The second-order valence-corrected chi connectivity index (χ2v) is 7.08. The van der Waals surface area contributed by atoms with Crippen LogP contribution in [-0.2, 0) is 4.74 Å². The molecule has 0 aromatic heterocycles. The molecule has 1 aliphatic rings. The number of likely N-dealkylation sites (N-methyl/N-ethyl adjacent to an activating group) is 1. The van der Waals surface area contributed by atoms with Crippen LogP contribution in [0.25, 0.3) is 10.8 Å². The molecule has 1 fully saturated rings. The number of amides is 1. The molecule has 138 valence electrons. The summed E-state index contributed by atoms with van der Waals surface area (Å²) in [5, 5.41) is 5.15. The van der Waals surface area contributed by atoms with Crippen molar-refractivity contribution in [1.82, 2.24) is 4.90 Å². The number of rotatable bonds is 4. The highest BCUT2D eigenvalue weighted by atomic mass is 16.6. The summed E-state index contributed by atoms with van der Waals surface area (Å²) in [5.41, 5.74) is 1.80. The standard InChI is InChI=1S/C23H24N2O2/c1-25-16-8-15-21(25)22(27-23(26)24-18-11-3-2-4-12-18)20-14-7-10-17-9-5-6-13-19(17)20/h2-7,9-14,21-22H,8,15-16H2,1H3,(H,24,26)/t21-,22-/m0/s1. The summed E-state index contributed by atoms with van der Waals surface area (Å²) in [6, 6.07) is 24.1. The van der Waals surface area contributed by atoms with Crippen molar-refractivity contribution in [1.29, 1.82) is 0 Å². The molecule has 3 aromatic carbocycles. The molecule has 27 heavy (non-hydrogen) atoms. The number of nitrogens with one attached hydrogen (secondary N) is 1. The number of ether oxygens (including phenoxy) is 1. The van der Waals surface area contributed by atoms with Crippen LogP contribution in [0.2, 0.25) is 0 Å². The predicted octanol–water partition coefficient (Wildman–Crippen LogP) is 5.22. The Morgan fingerprint density at radius 3 is 2.56 bits per heavy atom. The molecule has 0 unspecified atom stereocenters. The van der Waals surface area contributed by atoms with Gasteiger partial charge in [0.15, 0.2) is 0 Å². The normalized spacial score (nSPS) is 18.3. The van der Waals surface area contributed by atoms with Crippen molar-refractivity contribution >= 4 is 22.6 Å². The smallest absolute Gasteiger partial charge is 0.412 e. The first-order chi connectivity index (χ1) is 13.2. The Morgan fingerprint density at radius 1 is 1.04 bits per heavy atom. The molecule has 2 atom stereocenters. The lowest BCUT2D eigenvalue weighted by Gasteiger charge is -2.30. The Morgan fingerprint density at radius 2 is 1.78 bits per heavy atom. The third-order valence-corrected chi connectivity index (χ3v) is 5.31. The Labute approximate surface area is 159 Å². The van der Waals surface area contributed by atoms with Gasteiger partial charge < -0.3 is 4.74 Å². The van der Waals surface area contributed by atoms with E-state index in [4.69, 9.17) is 4.74 Å². The number of anilines is 1. The van der Waals surface area contributed by atoms with E-state index in [-0.39, 0.29) is 12.1 Å². The summed E-state index contributed by atoms with van der Waals surface area (Å²) < 4.78 is 6.01. The largest absolute Gasteiger partial charge is 0.439 e. The molecule has 0 saturated carbocycles. The third-order valence-electron chi connectivity index (χ3n) is 5.31. The van der Waals surface area contributed by atoms with Gasteiger partial charge in [-0.25, -0.2) is 4.79 Å². The first-order valence-electron chi connectivity index (χ1n) is 9.43. The molecule has 0 bridgehead atoms. The highest BCUT2D eigenvalue weighted by Crippen LogP contribution is 2.35. The van der Waals surface area contributed by atoms with Crippen LogP contribution in [0.5, 0.6) is 0 Å². The van der Waals surface area contributed by atoms with Gasteiger partial charge in [0.2, 0.25) is 0 Å². The van der Waals surface area contributed by atoms with Crippen molar-refractivity contribution in [3.8, 4) is 0 Å². The van der Waals surface area contributed by atoms with Crippen molar-refractivity contribution in [3.63, 3.8) is 0 Å². The zero-order valence-electron chi connectivity index (χ0n) is 15.5. The number of likely N-dealkylation sites (tertiary alicyclic amines) is 1. The van der Waals surface area contributed by atoms with Gasteiger partial charge in [-0.05, 0) is 49.3 Å². The number of fused-ring (bicyclic) bond motifs is 1. The van der Waals surface area contributed by atoms with E-state index in [2.05, 4.69) is 41.5 Å². The van der Waals surface area contributed by atoms with Gasteiger partial charge in [0.25, 0.3) is 0 Å². The topological polar surface area (TPSA) is 41.6 Å². The lowest BCUT2D eigenvalue weighted by Crippen LogP contribution is -2.34. The highest BCUT2D eigenvalue weighted by molar-refractivity contribution is 5.87. The molecule has 4 nitrogen and oxygen atoms in total. The second-order valence-electron chi connectivity index (χ2n) is 7.08. The van der Waals surface area contributed by atoms with E-state index >= 15 is 0 Å². The maximum atomic E-state index is 12.6. The second kappa shape index (κ2) is 7.80. The molecule has 1 amide bonds. The summed E-state index contributed by atoms with van der Waals surface area (Å²) in [6.45, 7) is 1.02. The Balaban J connectivity index is 1.66. The highest BCUT2D eigenvalue weighted by Gasteiger charge is 2.34. The summed E-state index contributed by atoms with van der Waals surface area (Å²) in [4.78, 5) is 14.9. The average Bonchev–Trinajstić information content (AvgIpc) is 3.12. The Kier molecular flexibility index (Phi) is 5.07. The molecule has 1 saturated heterocycles. The Bertz CT molecular complexity index is 921. The molecular formula is C23H24N2O2. The molecule has 0 aliphatic carbocycles. The molecule has 1 heterocycles. The van der Waals surface area contributed by atoms with Crippen LogP contribution in [0.15, 0.2) is 72.8 Å². The third kappa shape index (κ3) is 3.81. The number of hydrogen-bond donors (Lipinski definition) is 1. The van der Waals surface area contributed by atoms with Gasteiger partial charge in [0, 0.05) is 11.3 Å². The van der Waals surface area contributed by atoms with Crippen molar-refractivity contribution in [2.24, 2.45) is 0 Å². The first-order valence-corrected chi connectivity index (χ1v) is 9.43. The van der Waals surface area contributed by atoms with Gasteiger partial charge in [0.05, 0.1) is 6.04 Å². The maximum absolute atomic E-state index is 12.6. The fourth-order valence-electron chi connectivity index (χ4n) is 3.95. The van der Waals surface area contributed by atoms with Gasteiger partial charge in [-0.1, -0.05) is 60.7 Å². The molecule has 1 aliphatic heterocycles. The predicted molar refractivity (Wildman–Crippen MR) is 109 cm³/mol. The van der Waals surface area contributed by atoms with Crippen molar-refractivity contribution in [2.75, 3.05) is 18.9 Å². The van der Waals surface area contributed by atoms with E-state index in [9.17, 15) is 4.79 Å². The zero-order valence-corrected chi connectivity index (χ0v) is 15.5. The zero-order chi connectivity index (χ0) is 18.6. The van der Waals surface area contributed by atoms with Crippen LogP contribution in [0.1, 0.15) is 24.5 Å². The van der Waals surface area contributed by atoms with Crippen molar-refractivity contribution in [3.05, 3.63) is 78.4 Å². The first kappa shape index (κ1) is 17.6. The number of nitrogens with zero attached hydrogens (tertiary/aromatic N) is 1. The van der Waals surface area contributed by atoms with E-state index < -0.39 is 6.09 Å². The van der Waals surface area contributed by atoms with Gasteiger partial charge in [0.1, 0.15) is 6.10 Å². The molecule has 4 heteroatoms. The number of carbonyl (C=O) groups is 1. The van der Waals surface area contributed by atoms with Crippen LogP contribution in [0, 0.1) is 0 Å². The fraction of sp³-hybridized carbons (Fsp3) is 0.261. The van der Waals surface area contributed by atoms with Crippen LogP contribution in [-0.4, -0.2) is 30.6 Å². The molecule has 0 radical (unpaired) electrons. The lowest BCUT2D eigenvalue weighted by atomic mass is 9.95. The summed E-state index contributed by atoms with van der Waals surface area (Å²) in [6.07, 6.45) is 1.40. The van der Waals surface area contributed by atoms with E-state index in [0.29, 0.717) is 0 Å². The monoisotopic (exact) mass is 360 g/mol. The van der Waals surface area contributed by atoms with Crippen LogP contribution < -0.4 is 5.32 Å². The number of para-hydroxylation sites is 1. The quantitative estimate of drug-likeness (QED) is 0.693. The van der Waals surface area contributed by atoms with Crippen molar-refractivity contribution < 1.29 is 9.53 Å². The number of hydrogen-bond acceptors (Lipinski definition) is 3. The maximum Gasteiger partial charge on any atom is 0.412 e.